The molecule has 1 rings (SSSR count). The molecular formula is C10H8ClN3O3. The molecule has 0 saturated heterocycles. The number of pyridine rings is 1. The molecule has 1 aromatic rings. The van der Waals surface area contributed by atoms with Gasteiger partial charge in [0.25, 0.3) is 5.69 Å². The van der Waals surface area contributed by atoms with Crippen molar-refractivity contribution in [3.05, 3.63) is 33.1 Å². The Bertz CT molecular complexity index is 519. The van der Waals surface area contributed by atoms with Gasteiger partial charge in [-0.15, -0.1) is 0 Å². The summed E-state index contributed by atoms with van der Waals surface area (Å²) in [7, 11) is 0. The highest BCUT2D eigenvalue weighted by molar-refractivity contribution is 6.30. The predicted octanol–water partition coefficient (Wildman–Crippen LogP) is 1.13. The van der Waals surface area contributed by atoms with E-state index in [4.69, 9.17) is 11.6 Å². The highest BCUT2D eigenvalue weighted by Crippen LogP contribution is 2.17. The van der Waals surface area contributed by atoms with E-state index in [2.05, 4.69) is 22.1 Å². The minimum Gasteiger partial charge on any atom is -0.345 e. The van der Waals surface area contributed by atoms with Gasteiger partial charge in [0, 0.05) is 13.0 Å². The van der Waals surface area contributed by atoms with Gasteiger partial charge < -0.3 is 5.32 Å². The van der Waals surface area contributed by atoms with Gasteiger partial charge in [-0.25, -0.2) is 4.98 Å². The molecule has 0 aliphatic rings. The lowest BCUT2D eigenvalue weighted by molar-refractivity contribution is -0.385. The number of hydrogen-bond donors (Lipinski definition) is 1. The molecule has 0 fully saturated rings. The smallest absolute Gasteiger partial charge is 0.288 e. The minimum absolute atomic E-state index is 0.0888. The lowest BCUT2D eigenvalue weighted by Gasteiger charge is -1.95. The summed E-state index contributed by atoms with van der Waals surface area (Å²) in [4.78, 5) is 24.1. The van der Waals surface area contributed by atoms with E-state index < -0.39 is 4.92 Å². The molecule has 0 spiro atoms. The molecule has 1 amide bonds. The number of nitro groups is 1. The van der Waals surface area contributed by atoms with Crippen LogP contribution in [0.25, 0.3) is 0 Å². The summed E-state index contributed by atoms with van der Waals surface area (Å²) in [6, 6.07) is 1.23. The monoisotopic (exact) mass is 253 g/mol. The van der Waals surface area contributed by atoms with Crippen LogP contribution in [0, 0.1) is 22.0 Å². The van der Waals surface area contributed by atoms with E-state index in [0.29, 0.717) is 0 Å². The van der Waals surface area contributed by atoms with Gasteiger partial charge in [0.2, 0.25) is 5.91 Å². The molecule has 17 heavy (non-hydrogen) atoms. The van der Waals surface area contributed by atoms with Gasteiger partial charge in [0.15, 0.2) is 0 Å². The fourth-order valence-electron chi connectivity index (χ4n) is 0.933. The van der Waals surface area contributed by atoms with Crippen molar-refractivity contribution in [1.82, 2.24) is 10.3 Å². The van der Waals surface area contributed by atoms with E-state index in [-0.39, 0.29) is 28.9 Å². The second-order valence-electron chi connectivity index (χ2n) is 3.00. The lowest BCUT2D eigenvalue weighted by Crippen LogP contribution is -2.19. The van der Waals surface area contributed by atoms with Crippen molar-refractivity contribution >= 4 is 23.2 Å². The van der Waals surface area contributed by atoms with E-state index in [1.807, 2.05) is 0 Å². The number of halogens is 1. The number of nitrogens with one attached hydrogen (secondary N) is 1. The van der Waals surface area contributed by atoms with Crippen LogP contribution in [0.4, 0.5) is 5.69 Å². The summed E-state index contributed by atoms with van der Waals surface area (Å²) < 4.78 is 0. The van der Waals surface area contributed by atoms with Crippen molar-refractivity contribution < 1.29 is 9.72 Å². The Kier molecular flexibility index (Phi) is 4.43. The summed E-state index contributed by atoms with van der Waals surface area (Å²) in [5.41, 5.74) is 0.0736. The molecule has 6 nitrogen and oxygen atoms in total. The van der Waals surface area contributed by atoms with Gasteiger partial charge >= 0.3 is 0 Å². The average Bonchev–Trinajstić information content (AvgIpc) is 2.25. The number of hydrogen-bond acceptors (Lipinski definition) is 4. The van der Waals surface area contributed by atoms with Gasteiger partial charge in [0.1, 0.15) is 11.3 Å². The van der Waals surface area contributed by atoms with Crippen molar-refractivity contribution in [3.8, 4) is 11.8 Å². The number of carbonyl (C=O) groups excluding carboxylic acids is 1. The first-order chi connectivity index (χ1) is 8.00. The Labute approximate surface area is 102 Å². The molecule has 1 heterocycles. The van der Waals surface area contributed by atoms with Crippen LogP contribution >= 0.6 is 11.6 Å². The van der Waals surface area contributed by atoms with Crippen molar-refractivity contribution in [3.63, 3.8) is 0 Å². The molecule has 88 valence electrons. The Morgan fingerprint density at radius 1 is 1.71 bits per heavy atom. The van der Waals surface area contributed by atoms with E-state index in [0.717, 1.165) is 6.20 Å². The maximum atomic E-state index is 10.6. The van der Waals surface area contributed by atoms with E-state index in [1.54, 1.807) is 0 Å². The van der Waals surface area contributed by atoms with Crippen molar-refractivity contribution in [2.45, 2.75) is 6.92 Å². The van der Waals surface area contributed by atoms with Crippen LogP contribution in [0.5, 0.6) is 0 Å². The quantitative estimate of drug-likeness (QED) is 0.371. The first-order valence-corrected chi connectivity index (χ1v) is 4.91. The van der Waals surface area contributed by atoms with Crippen LogP contribution in [-0.4, -0.2) is 22.4 Å². The molecule has 0 bridgehead atoms. The van der Waals surface area contributed by atoms with E-state index in [9.17, 15) is 14.9 Å². The number of rotatable bonds is 2. The van der Waals surface area contributed by atoms with Crippen molar-refractivity contribution in [2.75, 3.05) is 6.54 Å². The largest absolute Gasteiger partial charge is 0.345 e. The van der Waals surface area contributed by atoms with Crippen LogP contribution in [0.15, 0.2) is 12.3 Å². The topological polar surface area (TPSA) is 85.1 Å². The molecule has 0 atom stereocenters. The summed E-state index contributed by atoms with van der Waals surface area (Å²) >= 11 is 5.72. The second-order valence-corrected chi connectivity index (χ2v) is 3.36. The minimum atomic E-state index is -0.581. The second kappa shape index (κ2) is 5.82. The molecule has 0 aliphatic carbocycles. The third-order valence-electron chi connectivity index (χ3n) is 1.68. The summed E-state index contributed by atoms with van der Waals surface area (Å²) in [5, 5.41) is 13.1. The van der Waals surface area contributed by atoms with Crippen molar-refractivity contribution in [2.24, 2.45) is 0 Å². The third kappa shape index (κ3) is 4.09. The van der Waals surface area contributed by atoms with Gasteiger partial charge in [-0.1, -0.05) is 23.4 Å². The molecule has 0 saturated carbocycles. The normalized spacial score (nSPS) is 9.06. The van der Waals surface area contributed by atoms with Crippen molar-refractivity contribution in [1.29, 1.82) is 0 Å². The average molecular weight is 254 g/mol. The lowest BCUT2D eigenvalue weighted by atomic mass is 10.2. The summed E-state index contributed by atoms with van der Waals surface area (Å²) in [5.74, 6) is 5.00. The Hall–Kier alpha value is -2.13. The predicted molar refractivity (Wildman–Crippen MR) is 61.5 cm³/mol. The summed E-state index contributed by atoms with van der Waals surface area (Å²) in [6.45, 7) is 1.51. The molecule has 0 aromatic carbocycles. The Balaban J connectivity index is 2.86. The third-order valence-corrected chi connectivity index (χ3v) is 1.99. The first-order valence-electron chi connectivity index (χ1n) is 4.54. The van der Waals surface area contributed by atoms with Gasteiger partial charge in [-0.3, -0.25) is 14.9 Å². The zero-order valence-electron chi connectivity index (χ0n) is 8.86. The van der Waals surface area contributed by atoms with Gasteiger partial charge in [0.05, 0.1) is 17.0 Å². The molecular weight excluding hydrogens is 246 g/mol. The van der Waals surface area contributed by atoms with Crippen LogP contribution in [0.3, 0.4) is 0 Å². The fraction of sp³-hybridized carbons (Fsp3) is 0.200. The number of amides is 1. The number of carbonyl (C=O) groups is 1. The maximum Gasteiger partial charge on any atom is 0.288 e. The van der Waals surface area contributed by atoms with E-state index in [1.165, 1.54) is 13.0 Å². The number of nitrogens with zero attached hydrogens (tertiary/aromatic N) is 2. The molecule has 0 unspecified atom stereocenters. The zero-order valence-corrected chi connectivity index (χ0v) is 9.61. The molecule has 7 heteroatoms. The standard InChI is InChI=1S/C10H8ClN3O3/c1-7(15)12-4-2-3-8-5-9(14(16)17)6-13-10(8)11/h5-6H,4H2,1H3,(H,12,15). The SMILES string of the molecule is CC(=O)NCC#Cc1cc([N+](=O)[O-])cnc1Cl. The summed E-state index contributed by atoms with van der Waals surface area (Å²) in [6.07, 6.45) is 1.06. The van der Waals surface area contributed by atoms with Gasteiger partial charge in [-0.05, 0) is 0 Å². The fourth-order valence-corrected chi connectivity index (χ4v) is 1.08. The van der Waals surface area contributed by atoms with Crippen LogP contribution < -0.4 is 5.32 Å². The number of aromatic nitrogens is 1. The highest BCUT2D eigenvalue weighted by atomic mass is 35.5. The van der Waals surface area contributed by atoms with Crippen LogP contribution in [-0.2, 0) is 4.79 Å². The first kappa shape index (κ1) is 12.9. The molecule has 1 N–H and O–H groups in total. The van der Waals surface area contributed by atoms with E-state index >= 15 is 0 Å². The molecule has 1 aromatic heterocycles. The van der Waals surface area contributed by atoms with Gasteiger partial charge in [-0.2, -0.15) is 0 Å². The van der Waals surface area contributed by atoms with Crippen LogP contribution in [0.2, 0.25) is 5.15 Å². The maximum absolute atomic E-state index is 10.6. The Morgan fingerprint density at radius 2 is 2.41 bits per heavy atom. The van der Waals surface area contributed by atoms with Crippen LogP contribution in [0.1, 0.15) is 12.5 Å². The Morgan fingerprint density at radius 3 is 3.00 bits per heavy atom. The molecule has 0 radical (unpaired) electrons. The molecule has 0 aliphatic heterocycles. The zero-order chi connectivity index (χ0) is 12.8. The highest BCUT2D eigenvalue weighted by Gasteiger charge is 2.09.